The summed E-state index contributed by atoms with van der Waals surface area (Å²) in [5.74, 6) is 0.532. The summed E-state index contributed by atoms with van der Waals surface area (Å²) in [6.45, 7) is 8.45. The molecule has 0 saturated carbocycles. The second-order valence-corrected chi connectivity index (χ2v) is 5.10. The van der Waals surface area contributed by atoms with E-state index in [0.29, 0.717) is 5.92 Å². The fourth-order valence-corrected chi connectivity index (χ4v) is 2.03. The molecular weight excluding hydrogens is 196 g/mol. The Morgan fingerprint density at radius 3 is 2.62 bits per heavy atom. The van der Waals surface area contributed by atoms with Crippen LogP contribution in [0.5, 0.6) is 0 Å². The Balaban J connectivity index is 2.56. The molecule has 1 heteroatoms. The lowest BCUT2D eigenvalue weighted by atomic mass is 9.83. The lowest BCUT2D eigenvalue weighted by molar-refractivity contribution is 0.174. The van der Waals surface area contributed by atoms with Crippen LogP contribution in [0.25, 0.3) is 0 Å². The summed E-state index contributed by atoms with van der Waals surface area (Å²) in [5.41, 5.74) is 3.91. The largest absolute Gasteiger partial charge is 0.389 e. The molecule has 0 aromatic heterocycles. The number of aliphatic hydroxyl groups is 1. The van der Waals surface area contributed by atoms with Gasteiger partial charge in [-0.25, -0.2) is 0 Å². The molecule has 1 aliphatic rings. The van der Waals surface area contributed by atoms with Crippen molar-refractivity contribution in [2.45, 2.75) is 53.1 Å². The van der Waals surface area contributed by atoms with Crippen LogP contribution in [0.4, 0.5) is 0 Å². The van der Waals surface area contributed by atoms with Crippen LogP contribution in [-0.2, 0) is 0 Å². The zero-order chi connectivity index (χ0) is 12.1. The highest BCUT2D eigenvalue weighted by molar-refractivity contribution is 5.17. The number of hydrogen-bond acceptors (Lipinski definition) is 1. The van der Waals surface area contributed by atoms with Crippen molar-refractivity contribution in [1.29, 1.82) is 0 Å². The Kier molecular flexibility index (Phi) is 5.01. The van der Waals surface area contributed by atoms with Crippen LogP contribution in [0.2, 0.25) is 0 Å². The zero-order valence-electron chi connectivity index (χ0n) is 11.0. The zero-order valence-corrected chi connectivity index (χ0v) is 11.0. The molecule has 2 atom stereocenters. The van der Waals surface area contributed by atoms with E-state index < -0.39 is 0 Å². The molecule has 0 fully saturated rings. The predicted molar refractivity (Wildman–Crippen MR) is 70.3 cm³/mol. The quantitative estimate of drug-likeness (QED) is 0.713. The molecule has 1 aliphatic carbocycles. The van der Waals surface area contributed by atoms with Gasteiger partial charge in [-0.3, -0.25) is 0 Å². The third kappa shape index (κ3) is 3.97. The molecule has 1 N–H and O–H groups in total. The van der Waals surface area contributed by atoms with E-state index in [1.54, 1.807) is 0 Å². The lowest BCUT2D eigenvalue weighted by Gasteiger charge is -2.25. The first-order valence-corrected chi connectivity index (χ1v) is 6.15. The Labute approximate surface area is 99.6 Å². The van der Waals surface area contributed by atoms with Gasteiger partial charge in [0.05, 0.1) is 6.10 Å². The molecule has 16 heavy (non-hydrogen) atoms. The lowest BCUT2D eigenvalue weighted by Crippen LogP contribution is -2.19. The van der Waals surface area contributed by atoms with Gasteiger partial charge in [-0.2, -0.15) is 0 Å². The average Bonchev–Trinajstić information content (AvgIpc) is 2.21. The third-order valence-electron chi connectivity index (χ3n) is 3.37. The molecule has 0 aromatic rings. The number of aliphatic hydroxyl groups excluding tert-OH is 1. The smallest absolute Gasteiger partial charge is 0.0753 e. The van der Waals surface area contributed by atoms with Gasteiger partial charge in [0.25, 0.3) is 0 Å². The normalized spacial score (nSPS) is 26.3. The molecule has 1 rings (SSSR count). The van der Waals surface area contributed by atoms with Crippen LogP contribution >= 0.6 is 0 Å². The Morgan fingerprint density at radius 2 is 2.06 bits per heavy atom. The van der Waals surface area contributed by atoms with Gasteiger partial charge in [0.15, 0.2) is 0 Å². The van der Waals surface area contributed by atoms with Gasteiger partial charge < -0.3 is 5.11 Å². The molecule has 0 radical (unpaired) electrons. The summed E-state index contributed by atoms with van der Waals surface area (Å²) in [7, 11) is 0. The summed E-state index contributed by atoms with van der Waals surface area (Å²) >= 11 is 0. The van der Waals surface area contributed by atoms with E-state index in [4.69, 9.17) is 0 Å². The van der Waals surface area contributed by atoms with Gasteiger partial charge in [0.2, 0.25) is 0 Å². The van der Waals surface area contributed by atoms with E-state index in [9.17, 15) is 5.11 Å². The van der Waals surface area contributed by atoms with Crippen molar-refractivity contribution in [2.75, 3.05) is 0 Å². The van der Waals surface area contributed by atoms with Gasteiger partial charge in [-0.1, -0.05) is 29.4 Å². The number of allylic oxidation sites excluding steroid dienone is 5. The molecule has 0 spiro atoms. The van der Waals surface area contributed by atoms with Crippen LogP contribution in [0, 0.1) is 5.92 Å². The Hall–Kier alpha value is -0.820. The van der Waals surface area contributed by atoms with Gasteiger partial charge in [-0.15, -0.1) is 0 Å². The monoisotopic (exact) mass is 220 g/mol. The Bertz CT molecular complexity index is 316. The minimum absolute atomic E-state index is 0.231. The van der Waals surface area contributed by atoms with Crippen LogP contribution in [0.15, 0.2) is 34.9 Å². The van der Waals surface area contributed by atoms with Crippen molar-refractivity contribution in [2.24, 2.45) is 5.92 Å². The summed E-state index contributed by atoms with van der Waals surface area (Å²) in [4.78, 5) is 0. The second-order valence-electron chi connectivity index (χ2n) is 5.10. The number of rotatable bonds is 3. The second kappa shape index (κ2) is 6.05. The van der Waals surface area contributed by atoms with E-state index >= 15 is 0 Å². The average molecular weight is 220 g/mol. The Morgan fingerprint density at radius 1 is 1.38 bits per heavy atom. The molecule has 1 nitrogen and oxygen atoms in total. The first-order chi connectivity index (χ1) is 7.50. The summed E-state index contributed by atoms with van der Waals surface area (Å²) in [6.07, 6.45) is 9.47. The maximum Gasteiger partial charge on any atom is 0.0753 e. The molecule has 0 bridgehead atoms. The first-order valence-electron chi connectivity index (χ1n) is 6.15. The maximum absolute atomic E-state index is 9.80. The van der Waals surface area contributed by atoms with Crippen LogP contribution in [0.1, 0.15) is 47.0 Å². The third-order valence-corrected chi connectivity index (χ3v) is 3.37. The van der Waals surface area contributed by atoms with Crippen molar-refractivity contribution in [3.05, 3.63) is 34.9 Å². The van der Waals surface area contributed by atoms with Gasteiger partial charge in [0, 0.05) is 0 Å². The van der Waals surface area contributed by atoms with Crippen molar-refractivity contribution in [3.8, 4) is 0 Å². The van der Waals surface area contributed by atoms with E-state index in [1.807, 2.05) is 6.92 Å². The fourth-order valence-electron chi connectivity index (χ4n) is 2.03. The highest BCUT2D eigenvalue weighted by Gasteiger charge is 2.20. The van der Waals surface area contributed by atoms with Crippen molar-refractivity contribution < 1.29 is 5.11 Å². The molecule has 90 valence electrons. The SMILES string of the molecule is CC(C)=CCC=C(C)C1CC=C(C)C(O)C1. The van der Waals surface area contributed by atoms with E-state index in [-0.39, 0.29) is 6.10 Å². The molecule has 0 aliphatic heterocycles. The van der Waals surface area contributed by atoms with Crippen LogP contribution < -0.4 is 0 Å². The fraction of sp³-hybridized carbons (Fsp3) is 0.600. The van der Waals surface area contributed by atoms with Crippen LogP contribution in [0.3, 0.4) is 0 Å². The van der Waals surface area contributed by atoms with Crippen molar-refractivity contribution in [3.63, 3.8) is 0 Å². The maximum atomic E-state index is 9.80. The molecule has 0 aromatic carbocycles. The standard InChI is InChI=1S/C15H24O/c1-11(2)6-5-7-12(3)14-9-8-13(4)15(16)10-14/h6-8,14-16H,5,9-10H2,1-4H3. The first kappa shape index (κ1) is 13.2. The molecular formula is C15H24O. The predicted octanol–water partition coefficient (Wildman–Crippen LogP) is 4.01. The van der Waals surface area contributed by atoms with Gasteiger partial charge in [-0.05, 0) is 58.4 Å². The van der Waals surface area contributed by atoms with E-state index in [0.717, 1.165) is 24.8 Å². The minimum Gasteiger partial charge on any atom is -0.389 e. The van der Waals surface area contributed by atoms with E-state index in [1.165, 1.54) is 11.1 Å². The highest BCUT2D eigenvalue weighted by atomic mass is 16.3. The molecule has 0 saturated heterocycles. The minimum atomic E-state index is -0.231. The van der Waals surface area contributed by atoms with Gasteiger partial charge in [0.1, 0.15) is 0 Å². The van der Waals surface area contributed by atoms with Crippen molar-refractivity contribution in [1.82, 2.24) is 0 Å². The summed E-state index contributed by atoms with van der Waals surface area (Å²) < 4.78 is 0. The molecule has 2 unspecified atom stereocenters. The molecule has 0 heterocycles. The topological polar surface area (TPSA) is 20.2 Å². The van der Waals surface area contributed by atoms with Crippen LogP contribution in [-0.4, -0.2) is 11.2 Å². The van der Waals surface area contributed by atoms with Crippen molar-refractivity contribution >= 4 is 0 Å². The summed E-state index contributed by atoms with van der Waals surface area (Å²) in [5, 5.41) is 9.80. The highest BCUT2D eigenvalue weighted by Crippen LogP contribution is 2.29. The van der Waals surface area contributed by atoms with E-state index in [2.05, 4.69) is 39.0 Å². The molecule has 0 amide bonds. The van der Waals surface area contributed by atoms with Gasteiger partial charge >= 0.3 is 0 Å². The summed E-state index contributed by atoms with van der Waals surface area (Å²) in [6, 6.07) is 0. The number of hydrogen-bond donors (Lipinski definition) is 1.